The van der Waals surface area contributed by atoms with Gasteiger partial charge in [-0.1, -0.05) is 18.6 Å². The quantitative estimate of drug-likeness (QED) is 0.690. The molecule has 2 amide bonds. The molecule has 1 unspecified atom stereocenters. The first kappa shape index (κ1) is 21.6. The molecule has 1 fully saturated rings. The van der Waals surface area contributed by atoms with E-state index in [1.807, 2.05) is 6.92 Å². The summed E-state index contributed by atoms with van der Waals surface area (Å²) in [5, 5.41) is 2.75. The molecular weight excluding hydrogens is 402 g/mol. The first-order valence-corrected chi connectivity index (χ1v) is 9.30. The zero-order chi connectivity index (χ0) is 21.9. The number of hydrogen-bond donors (Lipinski definition) is 1. The Bertz CT molecular complexity index is 942. The Morgan fingerprint density at radius 1 is 1.30 bits per heavy atom. The Labute approximate surface area is 171 Å². The van der Waals surface area contributed by atoms with Gasteiger partial charge in [-0.15, -0.1) is 0 Å². The van der Waals surface area contributed by atoms with Crippen LogP contribution in [0.3, 0.4) is 0 Å². The first-order valence-electron chi connectivity index (χ1n) is 9.30. The molecule has 1 aromatic heterocycles. The van der Waals surface area contributed by atoms with Crippen molar-refractivity contribution in [1.82, 2.24) is 9.88 Å². The van der Waals surface area contributed by atoms with Crippen LogP contribution in [0.25, 0.3) is 6.08 Å². The highest BCUT2D eigenvalue weighted by Gasteiger charge is 2.31. The highest BCUT2D eigenvalue weighted by atomic mass is 19.4. The Morgan fingerprint density at radius 3 is 2.67 bits per heavy atom. The van der Waals surface area contributed by atoms with Crippen molar-refractivity contribution in [3.05, 3.63) is 59.0 Å². The van der Waals surface area contributed by atoms with Crippen LogP contribution in [0.2, 0.25) is 0 Å². The highest BCUT2D eigenvalue weighted by molar-refractivity contribution is 5.89. The number of carbonyl (C=O) groups is 1. The zero-order valence-electron chi connectivity index (χ0n) is 16.5. The Hall–Kier alpha value is -3.10. The van der Waals surface area contributed by atoms with E-state index in [0.29, 0.717) is 37.1 Å². The van der Waals surface area contributed by atoms with E-state index in [2.05, 4.69) is 10.3 Å². The van der Waals surface area contributed by atoms with Crippen LogP contribution in [0.15, 0.2) is 42.1 Å². The number of methoxy groups -OCH3 is 1. The fourth-order valence-electron chi connectivity index (χ4n) is 3.30. The second-order valence-electron chi connectivity index (χ2n) is 7.11. The predicted octanol–water partition coefficient (Wildman–Crippen LogP) is 5.21. The van der Waals surface area contributed by atoms with Gasteiger partial charge in [-0.25, -0.2) is 14.2 Å². The van der Waals surface area contributed by atoms with Crippen LogP contribution in [0.4, 0.5) is 28.0 Å². The van der Waals surface area contributed by atoms with Gasteiger partial charge in [0.25, 0.3) is 0 Å². The van der Waals surface area contributed by atoms with Crippen LogP contribution in [0.1, 0.15) is 24.5 Å². The number of carbonyl (C=O) groups excluding carboxylic acids is 1. The number of pyridine rings is 1. The summed E-state index contributed by atoms with van der Waals surface area (Å²) in [6.45, 7) is 2.67. The molecule has 0 spiro atoms. The molecule has 0 aliphatic carbocycles. The molecule has 1 atom stereocenters. The zero-order valence-corrected chi connectivity index (χ0v) is 16.5. The van der Waals surface area contributed by atoms with Crippen LogP contribution in [0, 0.1) is 11.7 Å². The van der Waals surface area contributed by atoms with E-state index in [-0.39, 0.29) is 17.5 Å². The molecule has 0 bridgehead atoms. The lowest BCUT2D eigenvalue weighted by molar-refractivity contribution is -0.137. The van der Waals surface area contributed by atoms with E-state index in [9.17, 15) is 22.4 Å². The lowest BCUT2D eigenvalue weighted by Gasteiger charge is -2.33. The number of anilines is 1. The van der Waals surface area contributed by atoms with Crippen LogP contribution in [-0.4, -0.2) is 36.1 Å². The Morgan fingerprint density at radius 2 is 2.07 bits per heavy atom. The third kappa shape index (κ3) is 5.28. The normalized spacial score (nSPS) is 18.4. The monoisotopic (exact) mass is 423 g/mol. The largest absolute Gasteiger partial charge is 0.481 e. The van der Waals surface area contributed by atoms with Crippen LogP contribution >= 0.6 is 0 Å². The fourth-order valence-corrected chi connectivity index (χ4v) is 3.30. The summed E-state index contributed by atoms with van der Waals surface area (Å²) in [5.74, 6) is -0.592. The second-order valence-corrected chi connectivity index (χ2v) is 7.11. The average Bonchev–Trinajstić information content (AvgIpc) is 2.69. The number of rotatable bonds is 3. The number of aromatic nitrogens is 1. The number of amides is 2. The summed E-state index contributed by atoms with van der Waals surface area (Å²) in [4.78, 5) is 18.1. The summed E-state index contributed by atoms with van der Waals surface area (Å²) >= 11 is 0. The van der Waals surface area contributed by atoms with Gasteiger partial charge in [0.1, 0.15) is 5.82 Å². The summed E-state index contributed by atoms with van der Waals surface area (Å²) in [5.41, 5.74) is 0.524. The molecule has 2 aromatic rings. The van der Waals surface area contributed by atoms with Crippen molar-refractivity contribution in [2.75, 3.05) is 25.5 Å². The molecule has 0 radical (unpaired) electrons. The van der Waals surface area contributed by atoms with Crippen LogP contribution in [0.5, 0.6) is 5.88 Å². The molecular formula is C21H21F4N3O2. The SMILES string of the molecule is COc1ccc(NC(=O)N2CCC(=Cc3cc(F)cc(C(F)(F)F)c3)C(C)C2)cn1. The van der Waals surface area contributed by atoms with E-state index < -0.39 is 17.6 Å². The molecule has 5 nitrogen and oxygen atoms in total. The molecule has 9 heteroatoms. The van der Waals surface area contributed by atoms with Crippen molar-refractivity contribution < 1.29 is 27.1 Å². The molecule has 1 aromatic carbocycles. The minimum atomic E-state index is -4.61. The molecule has 0 saturated carbocycles. The Balaban J connectivity index is 1.67. The lowest BCUT2D eigenvalue weighted by atomic mass is 9.91. The van der Waals surface area contributed by atoms with Crippen LogP contribution in [-0.2, 0) is 6.18 Å². The van der Waals surface area contributed by atoms with E-state index in [1.165, 1.54) is 13.3 Å². The number of nitrogens with one attached hydrogen (secondary N) is 1. The number of benzene rings is 1. The van der Waals surface area contributed by atoms with E-state index in [1.54, 1.807) is 23.1 Å². The van der Waals surface area contributed by atoms with Gasteiger partial charge in [0, 0.05) is 19.2 Å². The summed E-state index contributed by atoms with van der Waals surface area (Å²) in [6.07, 6.45) is -1.07. The molecule has 1 saturated heterocycles. The molecule has 1 aliphatic heterocycles. The van der Waals surface area contributed by atoms with Gasteiger partial charge in [0.15, 0.2) is 0 Å². The maximum absolute atomic E-state index is 13.6. The minimum Gasteiger partial charge on any atom is -0.481 e. The standard InChI is InChI=1S/C21H21F4N3O2/c1-13-12-28(20(29)27-18-3-4-19(30-2)26-11-18)6-5-15(13)7-14-8-16(21(23,24)25)10-17(22)9-14/h3-4,7-11,13H,5-6,12H2,1-2H3,(H,27,29). The summed E-state index contributed by atoms with van der Waals surface area (Å²) in [7, 11) is 1.49. The van der Waals surface area contributed by atoms with Crippen molar-refractivity contribution in [1.29, 1.82) is 0 Å². The number of piperidine rings is 1. The number of hydrogen-bond acceptors (Lipinski definition) is 3. The average molecular weight is 423 g/mol. The van der Waals surface area contributed by atoms with Gasteiger partial charge in [0.2, 0.25) is 5.88 Å². The topological polar surface area (TPSA) is 54.5 Å². The fraction of sp³-hybridized carbons (Fsp3) is 0.333. The van der Waals surface area contributed by atoms with Gasteiger partial charge >= 0.3 is 12.2 Å². The third-order valence-electron chi connectivity index (χ3n) is 4.88. The summed E-state index contributed by atoms with van der Waals surface area (Å²) in [6, 6.07) is 5.49. The molecule has 1 N–H and O–H groups in total. The van der Waals surface area contributed by atoms with Crippen molar-refractivity contribution >= 4 is 17.8 Å². The predicted molar refractivity (Wildman–Crippen MR) is 105 cm³/mol. The summed E-state index contributed by atoms with van der Waals surface area (Å²) < 4.78 is 57.3. The minimum absolute atomic E-state index is 0.0869. The third-order valence-corrected chi connectivity index (χ3v) is 4.88. The van der Waals surface area contributed by atoms with Gasteiger partial charge < -0.3 is 15.0 Å². The van der Waals surface area contributed by atoms with Crippen molar-refractivity contribution in [3.63, 3.8) is 0 Å². The maximum Gasteiger partial charge on any atom is 0.416 e. The Kier molecular flexibility index (Phi) is 6.28. The van der Waals surface area contributed by atoms with Crippen molar-refractivity contribution in [2.45, 2.75) is 19.5 Å². The maximum atomic E-state index is 13.6. The van der Waals surface area contributed by atoms with Crippen LogP contribution < -0.4 is 10.1 Å². The van der Waals surface area contributed by atoms with E-state index >= 15 is 0 Å². The number of likely N-dealkylation sites (tertiary alicyclic amines) is 1. The molecule has 160 valence electrons. The molecule has 1 aliphatic rings. The van der Waals surface area contributed by atoms with Gasteiger partial charge in [-0.2, -0.15) is 13.2 Å². The molecule has 3 rings (SSSR count). The second kappa shape index (κ2) is 8.73. The first-order chi connectivity index (χ1) is 14.2. The van der Waals surface area contributed by atoms with E-state index in [0.717, 1.165) is 17.7 Å². The number of nitrogens with zero attached hydrogens (tertiary/aromatic N) is 2. The number of alkyl halides is 3. The van der Waals surface area contributed by atoms with E-state index in [4.69, 9.17) is 4.74 Å². The van der Waals surface area contributed by atoms with Crippen molar-refractivity contribution in [2.24, 2.45) is 5.92 Å². The molecule has 2 heterocycles. The number of halogens is 4. The van der Waals surface area contributed by atoms with Gasteiger partial charge in [-0.05, 0) is 42.2 Å². The van der Waals surface area contributed by atoms with Gasteiger partial charge in [-0.3, -0.25) is 0 Å². The van der Waals surface area contributed by atoms with Crippen molar-refractivity contribution in [3.8, 4) is 5.88 Å². The number of ether oxygens (including phenoxy) is 1. The smallest absolute Gasteiger partial charge is 0.416 e. The lowest BCUT2D eigenvalue weighted by Crippen LogP contribution is -2.42. The highest BCUT2D eigenvalue weighted by Crippen LogP contribution is 2.32. The molecule has 30 heavy (non-hydrogen) atoms. The van der Waals surface area contributed by atoms with Gasteiger partial charge in [0.05, 0.1) is 24.6 Å². The number of urea groups is 1.